The zero-order valence-corrected chi connectivity index (χ0v) is 14.5. The number of benzene rings is 1. The van der Waals surface area contributed by atoms with E-state index in [2.05, 4.69) is 15.5 Å². The number of carbonyl (C=O) groups is 2. The van der Waals surface area contributed by atoms with Crippen molar-refractivity contribution < 1.29 is 14.3 Å². The fourth-order valence-electron chi connectivity index (χ4n) is 2.02. The van der Waals surface area contributed by atoms with E-state index in [9.17, 15) is 9.59 Å². The second-order valence-electron chi connectivity index (χ2n) is 5.08. The molecule has 0 bridgehead atoms. The van der Waals surface area contributed by atoms with E-state index in [4.69, 9.17) is 4.74 Å². The minimum absolute atomic E-state index is 0.0814. The van der Waals surface area contributed by atoms with Crippen LogP contribution in [0, 0.1) is 0 Å². The Morgan fingerprint density at radius 1 is 1.21 bits per heavy atom. The molecule has 7 nitrogen and oxygen atoms in total. The van der Waals surface area contributed by atoms with Crippen molar-refractivity contribution in [3.8, 4) is 10.6 Å². The first kappa shape index (κ1) is 18.0. The third-order valence-corrected chi connectivity index (χ3v) is 4.20. The lowest BCUT2D eigenvalue weighted by molar-refractivity contribution is -0.130. The Kier molecular flexibility index (Phi) is 6.83. The molecule has 2 amide bonds. The molecule has 0 spiro atoms. The van der Waals surface area contributed by atoms with Crippen molar-refractivity contribution in [1.82, 2.24) is 15.1 Å². The number of anilines is 1. The number of amides is 2. The van der Waals surface area contributed by atoms with Gasteiger partial charge in [0, 0.05) is 39.1 Å². The summed E-state index contributed by atoms with van der Waals surface area (Å²) >= 11 is 1.31. The number of nitrogens with zero attached hydrogens (tertiary/aromatic N) is 3. The smallest absolute Gasteiger partial charge is 0.227 e. The van der Waals surface area contributed by atoms with Crippen molar-refractivity contribution in [2.75, 3.05) is 32.1 Å². The molecule has 128 valence electrons. The lowest BCUT2D eigenvalue weighted by Crippen LogP contribution is -2.34. The number of ether oxygens (including phenoxy) is 1. The lowest BCUT2D eigenvalue weighted by Gasteiger charge is -2.19. The Hall–Kier alpha value is -2.32. The van der Waals surface area contributed by atoms with Crippen molar-refractivity contribution in [1.29, 1.82) is 0 Å². The van der Waals surface area contributed by atoms with Crippen LogP contribution < -0.4 is 5.32 Å². The molecule has 0 saturated heterocycles. The van der Waals surface area contributed by atoms with Gasteiger partial charge in [-0.05, 0) is 0 Å². The van der Waals surface area contributed by atoms with Gasteiger partial charge in [0.2, 0.25) is 16.9 Å². The first-order valence-electron chi connectivity index (χ1n) is 7.53. The second kappa shape index (κ2) is 9.09. The maximum Gasteiger partial charge on any atom is 0.227 e. The monoisotopic (exact) mass is 348 g/mol. The third-order valence-electron chi connectivity index (χ3n) is 3.31. The number of nitrogens with one attached hydrogen (secondary N) is 1. The number of hydrogen-bond donors (Lipinski definition) is 1. The predicted octanol–water partition coefficient (Wildman–Crippen LogP) is 2.03. The molecular weight excluding hydrogens is 328 g/mol. The van der Waals surface area contributed by atoms with E-state index in [1.165, 1.54) is 18.3 Å². The Bertz CT molecular complexity index is 675. The van der Waals surface area contributed by atoms with Crippen LogP contribution in [0.3, 0.4) is 0 Å². The highest BCUT2D eigenvalue weighted by Crippen LogP contribution is 2.25. The van der Waals surface area contributed by atoms with E-state index in [-0.39, 0.29) is 18.2 Å². The van der Waals surface area contributed by atoms with Gasteiger partial charge in [0.25, 0.3) is 0 Å². The summed E-state index contributed by atoms with van der Waals surface area (Å²) < 4.78 is 4.96. The molecule has 1 N–H and O–H groups in total. The summed E-state index contributed by atoms with van der Waals surface area (Å²) in [6.07, 6.45) is 0.198. The number of hydrogen-bond acceptors (Lipinski definition) is 6. The molecule has 0 aliphatic rings. The quantitative estimate of drug-likeness (QED) is 0.789. The summed E-state index contributed by atoms with van der Waals surface area (Å²) in [5.74, 6) is -0.281. The molecule has 0 aliphatic carbocycles. The summed E-state index contributed by atoms with van der Waals surface area (Å²) in [4.78, 5) is 25.1. The summed E-state index contributed by atoms with van der Waals surface area (Å²) in [6, 6.07) is 9.65. The van der Waals surface area contributed by atoms with E-state index in [0.717, 1.165) is 10.6 Å². The first-order chi connectivity index (χ1) is 11.6. The molecule has 0 radical (unpaired) electrons. The van der Waals surface area contributed by atoms with E-state index >= 15 is 0 Å². The van der Waals surface area contributed by atoms with Gasteiger partial charge in [-0.3, -0.25) is 9.59 Å². The van der Waals surface area contributed by atoms with Gasteiger partial charge in [-0.2, -0.15) is 0 Å². The molecule has 8 heteroatoms. The number of rotatable bonds is 8. The van der Waals surface area contributed by atoms with Crippen LogP contribution in [-0.2, 0) is 14.3 Å². The second-order valence-corrected chi connectivity index (χ2v) is 6.05. The molecular formula is C16H20N4O3S. The molecule has 0 saturated carbocycles. The minimum atomic E-state index is -0.200. The Morgan fingerprint density at radius 3 is 2.62 bits per heavy atom. The maximum atomic E-state index is 12.0. The van der Waals surface area contributed by atoms with Crippen molar-refractivity contribution in [2.24, 2.45) is 0 Å². The van der Waals surface area contributed by atoms with Gasteiger partial charge in [-0.15, -0.1) is 10.2 Å². The molecule has 1 heterocycles. The van der Waals surface area contributed by atoms with Gasteiger partial charge in [0.05, 0.1) is 6.61 Å². The minimum Gasteiger partial charge on any atom is -0.383 e. The summed E-state index contributed by atoms with van der Waals surface area (Å²) in [7, 11) is 1.57. The highest BCUT2D eigenvalue weighted by atomic mass is 32.1. The van der Waals surface area contributed by atoms with Crippen LogP contribution in [0.15, 0.2) is 30.3 Å². The normalized spacial score (nSPS) is 10.4. The van der Waals surface area contributed by atoms with Crippen LogP contribution in [0.25, 0.3) is 10.6 Å². The van der Waals surface area contributed by atoms with Gasteiger partial charge in [0.1, 0.15) is 5.01 Å². The highest BCUT2D eigenvalue weighted by molar-refractivity contribution is 7.18. The average molecular weight is 348 g/mol. The Morgan fingerprint density at radius 2 is 1.96 bits per heavy atom. The van der Waals surface area contributed by atoms with Crippen LogP contribution in [0.2, 0.25) is 0 Å². The Labute approximate surface area is 144 Å². The van der Waals surface area contributed by atoms with Crippen molar-refractivity contribution >= 4 is 28.3 Å². The van der Waals surface area contributed by atoms with Crippen LogP contribution in [0.4, 0.5) is 5.13 Å². The fourth-order valence-corrected chi connectivity index (χ4v) is 2.78. The van der Waals surface area contributed by atoms with Crippen LogP contribution >= 0.6 is 11.3 Å². The maximum absolute atomic E-state index is 12.0. The summed E-state index contributed by atoms with van der Waals surface area (Å²) in [5.41, 5.74) is 0.956. The van der Waals surface area contributed by atoms with Crippen LogP contribution in [0.5, 0.6) is 0 Å². The van der Waals surface area contributed by atoms with E-state index in [0.29, 0.717) is 24.8 Å². The van der Waals surface area contributed by atoms with E-state index < -0.39 is 0 Å². The van der Waals surface area contributed by atoms with Gasteiger partial charge >= 0.3 is 0 Å². The SMILES string of the molecule is COCCN(CCC(=O)Nc1nnc(-c2ccccc2)s1)C(C)=O. The predicted molar refractivity (Wildman–Crippen MR) is 92.7 cm³/mol. The average Bonchev–Trinajstić information content (AvgIpc) is 3.04. The molecule has 1 aromatic carbocycles. The molecule has 0 fully saturated rings. The van der Waals surface area contributed by atoms with Gasteiger partial charge in [-0.25, -0.2) is 0 Å². The van der Waals surface area contributed by atoms with E-state index in [1.54, 1.807) is 12.0 Å². The van der Waals surface area contributed by atoms with Gasteiger partial charge in [0.15, 0.2) is 0 Å². The van der Waals surface area contributed by atoms with Gasteiger partial charge < -0.3 is 15.0 Å². The first-order valence-corrected chi connectivity index (χ1v) is 8.35. The number of methoxy groups -OCH3 is 1. The molecule has 2 aromatic rings. The van der Waals surface area contributed by atoms with Crippen molar-refractivity contribution in [3.05, 3.63) is 30.3 Å². The Balaban J connectivity index is 1.86. The fraction of sp³-hybridized carbons (Fsp3) is 0.375. The molecule has 0 atom stereocenters. The molecule has 24 heavy (non-hydrogen) atoms. The summed E-state index contributed by atoms with van der Waals surface area (Å²) in [5, 5.41) is 12.0. The topological polar surface area (TPSA) is 84.4 Å². The van der Waals surface area contributed by atoms with E-state index in [1.807, 2.05) is 30.3 Å². The highest BCUT2D eigenvalue weighted by Gasteiger charge is 2.13. The molecule has 2 rings (SSSR count). The van der Waals surface area contributed by atoms with Crippen LogP contribution in [-0.4, -0.2) is 53.7 Å². The van der Waals surface area contributed by atoms with Crippen molar-refractivity contribution in [3.63, 3.8) is 0 Å². The van der Waals surface area contributed by atoms with Crippen molar-refractivity contribution in [2.45, 2.75) is 13.3 Å². The third kappa shape index (κ3) is 5.39. The molecule has 0 aliphatic heterocycles. The molecule has 1 aromatic heterocycles. The van der Waals surface area contributed by atoms with Crippen LogP contribution in [0.1, 0.15) is 13.3 Å². The summed E-state index contributed by atoms with van der Waals surface area (Å²) in [6.45, 7) is 2.73. The zero-order chi connectivity index (χ0) is 17.4. The zero-order valence-electron chi connectivity index (χ0n) is 13.7. The largest absolute Gasteiger partial charge is 0.383 e. The lowest BCUT2D eigenvalue weighted by atomic mass is 10.2. The standard InChI is InChI=1S/C16H20N4O3S/c1-12(21)20(10-11-23-2)9-8-14(22)17-16-19-18-15(24-16)13-6-4-3-5-7-13/h3-7H,8-11H2,1-2H3,(H,17,19,22). The number of carbonyl (C=O) groups excluding carboxylic acids is 2. The molecule has 0 unspecified atom stereocenters. The number of aromatic nitrogens is 2. The van der Waals surface area contributed by atoms with Gasteiger partial charge in [-0.1, -0.05) is 41.7 Å².